The minimum absolute atomic E-state index is 0.123. The van der Waals surface area contributed by atoms with E-state index in [-0.39, 0.29) is 24.9 Å². The van der Waals surface area contributed by atoms with Gasteiger partial charge in [0.25, 0.3) is 5.91 Å². The number of thiophene rings is 1. The zero-order valence-corrected chi connectivity index (χ0v) is 18.0. The Morgan fingerprint density at radius 3 is 2.86 bits per heavy atom. The summed E-state index contributed by atoms with van der Waals surface area (Å²) in [6, 6.07) is 2.07. The van der Waals surface area contributed by atoms with Crippen molar-refractivity contribution in [1.29, 1.82) is 0 Å². The molecule has 0 aromatic carbocycles. The second-order valence-electron chi connectivity index (χ2n) is 7.82. The average molecular weight is 404 g/mol. The van der Waals surface area contributed by atoms with E-state index < -0.39 is 0 Å². The number of fused-ring (bicyclic) bond motifs is 1. The van der Waals surface area contributed by atoms with E-state index in [1.54, 1.807) is 16.2 Å². The number of hydrogen-bond donors (Lipinski definition) is 0. The summed E-state index contributed by atoms with van der Waals surface area (Å²) in [6.45, 7) is 10.3. The Hall–Kier alpha value is -2.15. The minimum Gasteiger partial charge on any atom is -0.456 e. The molecular formula is C21H29N3O3S. The molecule has 2 aromatic rings. The van der Waals surface area contributed by atoms with Crippen LogP contribution in [0.5, 0.6) is 0 Å². The van der Waals surface area contributed by atoms with Gasteiger partial charge >= 0.3 is 5.97 Å². The lowest BCUT2D eigenvalue weighted by Crippen LogP contribution is -2.38. The highest BCUT2D eigenvalue weighted by Crippen LogP contribution is 2.24. The summed E-state index contributed by atoms with van der Waals surface area (Å²) in [5.74, 6) is 0.0566. The largest absolute Gasteiger partial charge is 0.456 e. The standard InChI is InChI=1S/C21H29N3O3S/c1-14(2)11-24-16(4)18(15(3)22-24)5-6-21(26)27-13-20(25)23-9-7-19-17(12-23)8-10-28-19/h8,10,14H,5-7,9,11-13H2,1-4H3. The summed E-state index contributed by atoms with van der Waals surface area (Å²) in [6.07, 6.45) is 1.73. The van der Waals surface area contributed by atoms with Gasteiger partial charge in [-0.2, -0.15) is 5.10 Å². The maximum Gasteiger partial charge on any atom is 0.306 e. The quantitative estimate of drug-likeness (QED) is 0.666. The van der Waals surface area contributed by atoms with E-state index in [1.807, 2.05) is 18.5 Å². The maximum atomic E-state index is 12.4. The number of amides is 1. The van der Waals surface area contributed by atoms with E-state index >= 15 is 0 Å². The highest BCUT2D eigenvalue weighted by molar-refractivity contribution is 7.10. The van der Waals surface area contributed by atoms with Gasteiger partial charge in [0, 0.05) is 36.6 Å². The molecule has 2 aromatic heterocycles. The molecule has 6 nitrogen and oxygen atoms in total. The third-order valence-corrected chi connectivity index (χ3v) is 6.19. The van der Waals surface area contributed by atoms with Crippen molar-refractivity contribution in [2.45, 2.75) is 60.0 Å². The Morgan fingerprint density at radius 2 is 2.11 bits per heavy atom. The summed E-state index contributed by atoms with van der Waals surface area (Å²) in [5.41, 5.74) is 4.38. The average Bonchev–Trinajstić information content (AvgIpc) is 3.22. The van der Waals surface area contributed by atoms with Crippen molar-refractivity contribution in [2.24, 2.45) is 5.92 Å². The number of rotatable bonds is 7. The van der Waals surface area contributed by atoms with E-state index in [4.69, 9.17) is 4.74 Å². The first kappa shape index (κ1) is 20.6. The molecule has 1 aliphatic heterocycles. The molecule has 3 heterocycles. The molecule has 7 heteroatoms. The van der Waals surface area contributed by atoms with Gasteiger partial charge in [-0.15, -0.1) is 11.3 Å². The van der Waals surface area contributed by atoms with Gasteiger partial charge in [-0.25, -0.2) is 0 Å². The lowest BCUT2D eigenvalue weighted by Gasteiger charge is -2.26. The fraction of sp³-hybridized carbons (Fsp3) is 0.571. The number of carbonyl (C=O) groups is 2. The summed E-state index contributed by atoms with van der Waals surface area (Å²) in [5, 5.41) is 6.64. The molecule has 0 radical (unpaired) electrons. The minimum atomic E-state index is -0.336. The third-order valence-electron chi connectivity index (χ3n) is 5.17. The smallest absolute Gasteiger partial charge is 0.306 e. The topological polar surface area (TPSA) is 64.4 Å². The Balaban J connectivity index is 1.46. The number of nitrogens with zero attached hydrogens (tertiary/aromatic N) is 3. The molecule has 0 aliphatic carbocycles. The fourth-order valence-electron chi connectivity index (χ4n) is 3.61. The van der Waals surface area contributed by atoms with Gasteiger partial charge in [0.1, 0.15) is 0 Å². The van der Waals surface area contributed by atoms with Gasteiger partial charge in [-0.3, -0.25) is 14.3 Å². The van der Waals surface area contributed by atoms with Crippen LogP contribution in [0.25, 0.3) is 0 Å². The number of aryl methyl sites for hydroxylation is 1. The zero-order chi connectivity index (χ0) is 20.3. The van der Waals surface area contributed by atoms with E-state index in [0.717, 1.165) is 29.9 Å². The summed E-state index contributed by atoms with van der Waals surface area (Å²) < 4.78 is 7.26. The van der Waals surface area contributed by atoms with Crippen molar-refractivity contribution >= 4 is 23.2 Å². The van der Waals surface area contributed by atoms with Crippen LogP contribution in [0.1, 0.15) is 47.7 Å². The highest BCUT2D eigenvalue weighted by atomic mass is 32.1. The highest BCUT2D eigenvalue weighted by Gasteiger charge is 2.22. The van der Waals surface area contributed by atoms with Gasteiger partial charge < -0.3 is 9.64 Å². The number of aromatic nitrogens is 2. The van der Waals surface area contributed by atoms with Gasteiger partial charge in [0.15, 0.2) is 6.61 Å². The SMILES string of the molecule is Cc1nn(CC(C)C)c(C)c1CCC(=O)OCC(=O)N1CCc2sccc2C1. The molecule has 0 atom stereocenters. The van der Waals surface area contributed by atoms with Crippen molar-refractivity contribution < 1.29 is 14.3 Å². The van der Waals surface area contributed by atoms with E-state index in [2.05, 4.69) is 30.4 Å². The first-order valence-corrected chi connectivity index (χ1v) is 10.7. The van der Waals surface area contributed by atoms with Crippen molar-refractivity contribution in [3.63, 3.8) is 0 Å². The molecule has 3 rings (SSSR count). The number of carbonyl (C=O) groups excluding carboxylic acids is 2. The molecule has 1 amide bonds. The second kappa shape index (κ2) is 8.90. The molecule has 0 saturated carbocycles. The van der Waals surface area contributed by atoms with E-state index in [9.17, 15) is 9.59 Å². The van der Waals surface area contributed by atoms with Crippen molar-refractivity contribution in [1.82, 2.24) is 14.7 Å². The Labute approximate surface area is 170 Å². The van der Waals surface area contributed by atoms with Crippen molar-refractivity contribution in [3.05, 3.63) is 38.8 Å². The number of esters is 1. The van der Waals surface area contributed by atoms with Crippen LogP contribution in [0, 0.1) is 19.8 Å². The number of ether oxygens (including phenoxy) is 1. The molecule has 1 aliphatic rings. The van der Waals surface area contributed by atoms with Gasteiger partial charge in [0.2, 0.25) is 0 Å². The first-order valence-electron chi connectivity index (χ1n) is 9.86. The normalized spacial score (nSPS) is 13.7. The van der Waals surface area contributed by atoms with E-state index in [0.29, 0.717) is 25.4 Å². The fourth-order valence-corrected chi connectivity index (χ4v) is 4.50. The summed E-state index contributed by atoms with van der Waals surface area (Å²) in [7, 11) is 0. The van der Waals surface area contributed by atoms with Crippen molar-refractivity contribution in [2.75, 3.05) is 13.2 Å². The molecule has 0 saturated heterocycles. The summed E-state index contributed by atoms with van der Waals surface area (Å²) in [4.78, 5) is 27.6. The van der Waals surface area contributed by atoms with Crippen LogP contribution in [-0.4, -0.2) is 39.7 Å². The summed E-state index contributed by atoms with van der Waals surface area (Å²) >= 11 is 1.74. The molecule has 152 valence electrons. The molecule has 0 N–H and O–H groups in total. The van der Waals surface area contributed by atoms with Gasteiger partial charge in [-0.1, -0.05) is 13.8 Å². The van der Waals surface area contributed by atoms with Crippen LogP contribution in [0.15, 0.2) is 11.4 Å². The first-order chi connectivity index (χ1) is 13.3. The molecular weight excluding hydrogens is 374 g/mol. The monoisotopic (exact) mass is 403 g/mol. The van der Waals surface area contributed by atoms with Crippen LogP contribution < -0.4 is 0 Å². The van der Waals surface area contributed by atoms with Gasteiger partial charge in [0.05, 0.1) is 5.69 Å². The Morgan fingerprint density at radius 1 is 1.32 bits per heavy atom. The second-order valence-corrected chi connectivity index (χ2v) is 8.82. The van der Waals surface area contributed by atoms with Crippen LogP contribution in [0.3, 0.4) is 0 Å². The van der Waals surface area contributed by atoms with E-state index in [1.165, 1.54) is 10.4 Å². The van der Waals surface area contributed by atoms with Crippen LogP contribution in [-0.2, 0) is 40.3 Å². The maximum absolute atomic E-state index is 12.4. The molecule has 0 spiro atoms. The van der Waals surface area contributed by atoms with Gasteiger partial charge in [-0.05, 0) is 55.2 Å². The third kappa shape index (κ3) is 4.82. The predicted molar refractivity (Wildman–Crippen MR) is 109 cm³/mol. The Kier molecular flexibility index (Phi) is 6.54. The molecule has 0 bridgehead atoms. The van der Waals surface area contributed by atoms with Crippen LogP contribution in [0.4, 0.5) is 0 Å². The lowest BCUT2D eigenvalue weighted by atomic mass is 10.1. The van der Waals surface area contributed by atoms with Crippen LogP contribution in [0.2, 0.25) is 0 Å². The van der Waals surface area contributed by atoms with Crippen LogP contribution >= 0.6 is 11.3 Å². The Bertz CT molecular complexity index is 853. The predicted octanol–water partition coefficient (Wildman–Crippen LogP) is 3.28. The number of hydrogen-bond acceptors (Lipinski definition) is 5. The lowest BCUT2D eigenvalue weighted by molar-refractivity contribution is -0.152. The zero-order valence-electron chi connectivity index (χ0n) is 17.2. The molecule has 0 unspecified atom stereocenters. The molecule has 0 fully saturated rings. The molecule has 28 heavy (non-hydrogen) atoms. The van der Waals surface area contributed by atoms with Crippen molar-refractivity contribution in [3.8, 4) is 0 Å².